The molecule has 33 nitrogen and oxygen atoms in total. The topological polar surface area (TPSA) is 371 Å². The number of carbonyl (C=O) groups excluding carboxylic acids is 9. The van der Waals surface area contributed by atoms with Crippen LogP contribution in [0.25, 0.3) is 50.7 Å². The van der Waals surface area contributed by atoms with E-state index in [9.17, 15) is 43.2 Å². The zero-order valence-electron chi connectivity index (χ0n) is 69.9. The van der Waals surface area contributed by atoms with E-state index in [1.807, 2.05) is 188 Å². The molecule has 12 heterocycles. The van der Waals surface area contributed by atoms with E-state index >= 15 is 0 Å². The van der Waals surface area contributed by atoms with Gasteiger partial charge in [0, 0.05) is 145 Å². The Morgan fingerprint density at radius 1 is 0.350 bits per heavy atom. The minimum Gasteiger partial charge on any atom is -0.334 e. The van der Waals surface area contributed by atoms with Crippen molar-refractivity contribution in [1.29, 1.82) is 0 Å². The highest BCUT2D eigenvalue weighted by Crippen LogP contribution is 2.29. The maximum absolute atomic E-state index is 13.0. The molecule has 0 spiro atoms. The second kappa shape index (κ2) is 40.1. The molecule has 3 saturated heterocycles. The number of hydroxylamine groups is 6. The molecule has 15 rings (SSSR count). The molecule has 3 aromatic carbocycles. The van der Waals surface area contributed by atoms with Crippen molar-refractivity contribution in [2.75, 3.05) is 16.0 Å². The van der Waals surface area contributed by atoms with Crippen LogP contribution in [0.5, 0.6) is 0 Å². The van der Waals surface area contributed by atoms with Crippen LogP contribution in [0.1, 0.15) is 200 Å². The Morgan fingerprint density at radius 3 is 0.886 bits per heavy atom. The number of rotatable bonds is 33. The molecule has 9 aromatic heterocycles. The maximum atomic E-state index is 13.0. The highest BCUT2D eigenvalue weighted by Gasteiger charge is 2.31. The fourth-order valence-electron chi connectivity index (χ4n) is 14.5. The first kappa shape index (κ1) is 86.4. The molecular weight excluding hydrogens is 1570 g/mol. The smallest absolute Gasteiger partial charge is 0.333 e. The van der Waals surface area contributed by atoms with Crippen molar-refractivity contribution in [2.24, 2.45) is 0 Å². The molecule has 3 aliphatic heterocycles. The second-order valence-corrected chi connectivity index (χ2v) is 30.7. The number of nitrogens with zero attached hydrogens (tertiary/aromatic N) is 18. The van der Waals surface area contributed by atoms with Crippen LogP contribution < -0.4 is 16.0 Å². The fourth-order valence-corrected chi connectivity index (χ4v) is 14.5. The Morgan fingerprint density at radius 2 is 0.610 bits per heavy atom. The molecule has 0 aliphatic carbocycles. The Bertz CT molecular complexity index is 5900. The number of hydrogen-bond acceptors (Lipinski definition) is 21. The quantitative estimate of drug-likeness (QED) is 0.0322. The lowest BCUT2D eigenvalue weighted by molar-refractivity contribution is -0.186. The lowest BCUT2D eigenvalue weighted by atomic mass is 10.1. The van der Waals surface area contributed by atoms with Gasteiger partial charge in [-0.2, -0.15) is 0 Å². The predicted octanol–water partition coefficient (Wildman–Crippen LogP) is 15.0. The van der Waals surface area contributed by atoms with Crippen LogP contribution >= 0.6 is 0 Å². The van der Waals surface area contributed by atoms with Gasteiger partial charge in [0.1, 0.15) is 34.0 Å². The summed E-state index contributed by atoms with van der Waals surface area (Å²) in [7, 11) is 0. The van der Waals surface area contributed by atoms with E-state index in [0.717, 1.165) is 142 Å². The first-order valence-electron chi connectivity index (χ1n) is 41.3. The summed E-state index contributed by atoms with van der Waals surface area (Å²) >= 11 is 0. The van der Waals surface area contributed by atoms with E-state index in [0.29, 0.717) is 151 Å². The number of unbranched alkanes of at least 4 members (excludes halogenated alkanes) is 9. The number of aromatic nitrogens is 15. The molecule has 123 heavy (non-hydrogen) atoms. The van der Waals surface area contributed by atoms with Crippen molar-refractivity contribution in [2.45, 2.75) is 196 Å². The number of nitrogens with one attached hydrogen (secondary N) is 3. The second-order valence-electron chi connectivity index (χ2n) is 30.7. The van der Waals surface area contributed by atoms with E-state index in [4.69, 9.17) is 14.5 Å². The van der Waals surface area contributed by atoms with E-state index in [1.54, 1.807) is 27.6 Å². The number of anilines is 3. The summed E-state index contributed by atoms with van der Waals surface area (Å²) in [4.78, 5) is 139. The Hall–Kier alpha value is -14.4. The highest BCUT2D eigenvalue weighted by molar-refractivity contribution is 6.10. The molecule has 3 N–H and O–H groups in total. The Kier molecular flexibility index (Phi) is 28.2. The third-order valence-electron chi connectivity index (χ3n) is 21.0. The Labute approximate surface area is 709 Å². The summed E-state index contributed by atoms with van der Waals surface area (Å²) < 4.78 is 11.1. The zero-order chi connectivity index (χ0) is 86.8. The summed E-state index contributed by atoms with van der Waals surface area (Å²) in [6.07, 6.45) is 25.1. The number of carbonyl (C=O) groups is 9. The van der Waals surface area contributed by atoms with Crippen molar-refractivity contribution < 1.29 is 57.7 Å². The van der Waals surface area contributed by atoms with Crippen molar-refractivity contribution in [1.82, 2.24) is 88.3 Å². The number of aryl methyl sites for hydroxylation is 9. The van der Waals surface area contributed by atoms with Gasteiger partial charge in [-0.05, 0) is 172 Å². The van der Waals surface area contributed by atoms with Crippen molar-refractivity contribution >= 4 is 87.4 Å². The average Bonchev–Trinajstić information content (AvgIpc) is 1.66. The molecule has 3 aliphatic rings. The monoisotopic (exact) mass is 1670 g/mol. The summed E-state index contributed by atoms with van der Waals surface area (Å²) in [6.45, 7) is 25.0. The third-order valence-corrected chi connectivity index (χ3v) is 21.0. The van der Waals surface area contributed by atoms with Crippen molar-refractivity contribution in [3.8, 4) is 33.8 Å². The molecule has 0 radical (unpaired) electrons. The van der Waals surface area contributed by atoms with Gasteiger partial charge in [-0.1, -0.05) is 110 Å². The highest BCUT2D eigenvalue weighted by atomic mass is 16.7. The van der Waals surface area contributed by atoms with E-state index in [1.165, 1.54) is 0 Å². The van der Waals surface area contributed by atoms with Gasteiger partial charge in [-0.15, -0.1) is 30.5 Å². The van der Waals surface area contributed by atoms with Crippen LogP contribution in [0.2, 0.25) is 0 Å². The van der Waals surface area contributed by atoms with Crippen molar-refractivity contribution in [3.63, 3.8) is 0 Å². The first-order chi connectivity index (χ1) is 59.3. The summed E-state index contributed by atoms with van der Waals surface area (Å²) in [5.41, 5.74) is 17.6. The lowest BCUT2D eigenvalue weighted by Crippen LogP contribution is -2.26. The largest absolute Gasteiger partial charge is 0.334 e. The summed E-state index contributed by atoms with van der Waals surface area (Å²) in [5, 5.41) is 37.4. The van der Waals surface area contributed by atoms with Gasteiger partial charge in [0.15, 0.2) is 0 Å². The number of amides is 6. The normalized spacial score (nSPS) is 13.3. The van der Waals surface area contributed by atoms with Gasteiger partial charge in [0.05, 0.1) is 52.4 Å². The zero-order valence-corrected chi connectivity index (χ0v) is 69.9. The molecule has 0 saturated carbocycles. The van der Waals surface area contributed by atoms with E-state index in [-0.39, 0.29) is 54.3 Å². The van der Waals surface area contributed by atoms with Gasteiger partial charge in [-0.3, -0.25) is 42.8 Å². The van der Waals surface area contributed by atoms with E-state index < -0.39 is 11.9 Å². The van der Waals surface area contributed by atoms with Crippen LogP contribution in [0.3, 0.4) is 0 Å². The molecular formula is C90H99N21O12. The third kappa shape index (κ3) is 22.4. The molecule has 0 unspecified atom stereocenters. The predicted molar refractivity (Wildman–Crippen MR) is 457 cm³/mol. The van der Waals surface area contributed by atoms with Crippen LogP contribution in [-0.4, -0.2) is 142 Å². The van der Waals surface area contributed by atoms with Gasteiger partial charge in [-0.25, -0.2) is 29.3 Å². The standard InChI is InChI=1S/C32H37N7O4.C30H33N7O4.C28H29N7O4/c1-22-20-24(3)38-19-17-27(31(38)33-22)32(42)34-26-14-12-25(13-15-26)28-21-37(36-35-28)18-9-7-5-4-6-8-10-30(41)43-39-23(2)11-16-29(39)40;1-20-18-22(3)36-17-15-25(29(36)31-20)30(40)32-24-12-10-23(11-13-24)26-19-35(34-33-26)16-7-5-4-6-8-28(39)41-37-21(2)9-14-27(37)38;1-18-16-20(3)34-15-13-23(27(34)29-18)28(38)30-22-10-8-21(9-11-22)24-17-33(32-31-24)14-5-4-6-26(37)39-35-19(2)7-12-25(35)36/h12-15,17,19-21H,2,4-11,16,18H2,1,3H3,(H,34,42);10-13,15,17-19H,2,4-9,14,16H2,1,3H3,(H,32,40);8-11,13,15-17H,2,4-7,12,14H2,1,3H3,(H,30,38). The number of hydrogen-bond donors (Lipinski definition) is 3. The Balaban J connectivity index is 0.000000159. The van der Waals surface area contributed by atoms with Gasteiger partial charge in [0.2, 0.25) is 0 Å². The van der Waals surface area contributed by atoms with Gasteiger partial charge in [0.25, 0.3) is 35.4 Å². The molecule has 636 valence electrons. The molecule has 33 heteroatoms. The SMILES string of the molecule is C=C1CCC(=O)N1OC(=O)CCCCCCCCn1cc(-c2ccc(NC(=O)c3ccn4c(C)cc(C)nc34)cc2)nn1.C=C1CCC(=O)N1OC(=O)CCCCCCn1cc(-c2ccc(NC(=O)c3ccn4c(C)cc(C)nc34)cc2)nn1.C=C1CCC(=O)N1OC(=O)CCCCn1cc(-c2ccc(NC(=O)c3ccn4c(C)cc(C)nc34)cc2)nn1. The van der Waals surface area contributed by atoms with Crippen LogP contribution in [0.4, 0.5) is 17.1 Å². The fraction of sp³-hybridized carbons (Fsp3) is 0.333. The summed E-state index contributed by atoms with van der Waals surface area (Å²) in [6, 6.07) is 33.7. The molecule has 3 fully saturated rings. The molecule has 6 amide bonds. The maximum Gasteiger partial charge on any atom is 0.333 e. The minimum absolute atomic E-state index is 0.195. The number of fused-ring (bicyclic) bond motifs is 3. The van der Waals surface area contributed by atoms with Crippen LogP contribution in [-0.2, 0) is 62.9 Å². The number of benzene rings is 3. The van der Waals surface area contributed by atoms with Crippen molar-refractivity contribution in [3.05, 3.63) is 234 Å². The average molecular weight is 1670 g/mol. The molecule has 12 aromatic rings. The van der Waals surface area contributed by atoms with Crippen LogP contribution in [0, 0.1) is 41.5 Å². The number of allylic oxidation sites excluding steroid dienone is 3. The lowest BCUT2D eigenvalue weighted by Gasteiger charge is -2.15. The molecule has 0 bridgehead atoms. The van der Waals surface area contributed by atoms with Gasteiger partial charge >= 0.3 is 17.9 Å². The first-order valence-corrected chi connectivity index (χ1v) is 41.3. The minimum atomic E-state index is -0.454. The van der Waals surface area contributed by atoms with Crippen LogP contribution in [0.15, 0.2) is 183 Å². The summed E-state index contributed by atoms with van der Waals surface area (Å²) in [5.74, 6) is -2.56. The molecule has 0 atom stereocenters. The van der Waals surface area contributed by atoms with E-state index in [2.05, 4.69) is 81.6 Å². The van der Waals surface area contributed by atoms with Gasteiger partial charge < -0.3 is 43.7 Å².